The molecule has 200 valence electrons. The minimum Gasteiger partial charge on any atom is -0.476 e. The van der Waals surface area contributed by atoms with Crippen LogP contribution < -0.4 is 10.6 Å². The van der Waals surface area contributed by atoms with E-state index in [0.717, 1.165) is 11.1 Å². The fourth-order valence-corrected chi connectivity index (χ4v) is 4.02. The first-order valence-corrected chi connectivity index (χ1v) is 12.9. The number of aryl methyl sites for hydroxylation is 1. The maximum Gasteiger partial charge on any atom is 0.407 e. The summed E-state index contributed by atoms with van der Waals surface area (Å²) in [5.41, 5.74) is 0.202. The van der Waals surface area contributed by atoms with Crippen molar-refractivity contribution in [1.29, 1.82) is 0 Å². The van der Waals surface area contributed by atoms with Crippen molar-refractivity contribution >= 4 is 17.9 Å². The van der Waals surface area contributed by atoms with Crippen molar-refractivity contribution in [1.82, 2.24) is 10.6 Å². The van der Waals surface area contributed by atoms with Gasteiger partial charge in [-0.15, -0.1) is 0 Å². The highest BCUT2D eigenvalue weighted by Crippen LogP contribution is 2.26. The summed E-state index contributed by atoms with van der Waals surface area (Å²) in [6.07, 6.45) is 1.41. The van der Waals surface area contributed by atoms with Gasteiger partial charge in [-0.1, -0.05) is 67.6 Å². The Morgan fingerprint density at radius 1 is 1.08 bits per heavy atom. The predicted octanol–water partition coefficient (Wildman–Crippen LogP) is 4.02. The first kappa shape index (κ1) is 28.2. The Hall–Kier alpha value is -3.39. The molecule has 0 bridgehead atoms. The van der Waals surface area contributed by atoms with Gasteiger partial charge < -0.3 is 25.2 Å². The van der Waals surface area contributed by atoms with Crippen LogP contribution in [0.5, 0.6) is 0 Å². The molecular weight excluding hydrogens is 470 g/mol. The van der Waals surface area contributed by atoms with Crippen molar-refractivity contribution in [3.05, 3.63) is 71.8 Å². The molecule has 0 aromatic heterocycles. The molecular formula is C29H39N3O5. The second-order valence-corrected chi connectivity index (χ2v) is 10.4. The number of carbonyl (C=O) groups excluding carboxylic acids is 2. The summed E-state index contributed by atoms with van der Waals surface area (Å²) in [6, 6.07) is 19.4. The molecule has 2 unspecified atom stereocenters. The highest BCUT2D eigenvalue weighted by molar-refractivity contribution is 5.88. The van der Waals surface area contributed by atoms with Gasteiger partial charge in [0.2, 0.25) is 11.8 Å². The summed E-state index contributed by atoms with van der Waals surface area (Å²) >= 11 is 0. The first-order chi connectivity index (χ1) is 17.7. The summed E-state index contributed by atoms with van der Waals surface area (Å²) < 4.78 is 11.0. The molecule has 8 nitrogen and oxygen atoms in total. The second-order valence-electron chi connectivity index (χ2n) is 10.4. The van der Waals surface area contributed by atoms with Crippen LogP contribution in [0.1, 0.15) is 51.2 Å². The van der Waals surface area contributed by atoms with Crippen molar-refractivity contribution < 1.29 is 24.2 Å². The topological polar surface area (TPSA) is 109 Å². The summed E-state index contributed by atoms with van der Waals surface area (Å²) in [6.45, 7) is 6.87. The van der Waals surface area contributed by atoms with E-state index in [0.29, 0.717) is 32.4 Å². The zero-order valence-corrected chi connectivity index (χ0v) is 22.0. The van der Waals surface area contributed by atoms with Crippen molar-refractivity contribution in [2.24, 2.45) is 10.9 Å². The van der Waals surface area contributed by atoms with E-state index in [1.807, 2.05) is 81.4 Å². The average molecular weight is 510 g/mol. The zero-order valence-electron chi connectivity index (χ0n) is 22.0. The van der Waals surface area contributed by atoms with E-state index in [-0.39, 0.29) is 37.3 Å². The van der Waals surface area contributed by atoms with E-state index in [4.69, 9.17) is 9.47 Å². The number of amides is 2. The number of nitrogens with one attached hydrogen (secondary N) is 2. The number of alkyl carbamates (subject to hydrolysis) is 1. The minimum atomic E-state index is -1.40. The fraction of sp³-hybridized carbons (Fsp3) is 0.483. The quantitative estimate of drug-likeness (QED) is 0.378. The van der Waals surface area contributed by atoms with Crippen LogP contribution in [0.25, 0.3) is 0 Å². The molecule has 0 spiro atoms. The summed E-state index contributed by atoms with van der Waals surface area (Å²) in [4.78, 5) is 29.1. The van der Waals surface area contributed by atoms with Crippen molar-refractivity contribution in [3.8, 4) is 0 Å². The average Bonchev–Trinajstić information content (AvgIpc) is 3.26. The smallest absolute Gasteiger partial charge is 0.407 e. The summed E-state index contributed by atoms with van der Waals surface area (Å²) in [5.74, 6) is 0.140. The molecule has 37 heavy (non-hydrogen) atoms. The third-order valence-electron chi connectivity index (χ3n) is 6.27. The van der Waals surface area contributed by atoms with E-state index < -0.39 is 17.2 Å². The standard InChI is InChI=1S/C29H39N3O5/c1-22(15-17-30-27(34)36-19-24-12-8-5-9-13-24)18-25(33)31-20-29(35,26-32-28(2,3)21-37-26)16-14-23-10-6-4-7-11-23/h4-13,22,35H,14-21H2,1-3H3,(H,30,34)(H,31,33). The Balaban J connectivity index is 1.43. The third-order valence-corrected chi connectivity index (χ3v) is 6.27. The van der Waals surface area contributed by atoms with E-state index in [9.17, 15) is 14.7 Å². The van der Waals surface area contributed by atoms with Crippen molar-refractivity contribution in [3.63, 3.8) is 0 Å². The van der Waals surface area contributed by atoms with Crippen LogP contribution in [0.2, 0.25) is 0 Å². The monoisotopic (exact) mass is 509 g/mol. The molecule has 2 amide bonds. The molecule has 1 aliphatic heterocycles. The number of aliphatic hydroxyl groups is 1. The number of hydrogen-bond donors (Lipinski definition) is 3. The van der Waals surface area contributed by atoms with E-state index >= 15 is 0 Å². The number of nitrogens with zero attached hydrogens (tertiary/aromatic N) is 1. The maximum absolute atomic E-state index is 12.7. The predicted molar refractivity (Wildman–Crippen MR) is 143 cm³/mol. The number of ether oxygens (including phenoxy) is 2. The van der Waals surface area contributed by atoms with Crippen LogP contribution >= 0.6 is 0 Å². The molecule has 2 aromatic rings. The van der Waals surface area contributed by atoms with Gasteiger partial charge in [-0.3, -0.25) is 4.79 Å². The number of hydrogen-bond acceptors (Lipinski definition) is 6. The van der Waals surface area contributed by atoms with Gasteiger partial charge in [-0.05, 0) is 50.2 Å². The van der Waals surface area contributed by atoms with E-state index in [1.54, 1.807) is 0 Å². The molecule has 0 fully saturated rings. The lowest BCUT2D eigenvalue weighted by molar-refractivity contribution is -0.122. The Morgan fingerprint density at radius 3 is 2.35 bits per heavy atom. The molecule has 3 N–H and O–H groups in total. The van der Waals surface area contributed by atoms with Crippen LogP contribution in [0.3, 0.4) is 0 Å². The maximum atomic E-state index is 12.7. The molecule has 0 aliphatic carbocycles. The molecule has 2 atom stereocenters. The fourth-order valence-electron chi connectivity index (χ4n) is 4.02. The van der Waals surface area contributed by atoms with Gasteiger partial charge in [0.05, 0.1) is 12.1 Å². The lowest BCUT2D eigenvalue weighted by Crippen LogP contribution is -2.49. The first-order valence-electron chi connectivity index (χ1n) is 12.9. The van der Waals surface area contributed by atoms with Gasteiger partial charge in [0, 0.05) is 13.0 Å². The molecule has 0 radical (unpaired) electrons. The normalized spacial score (nSPS) is 16.6. The Labute approximate surface area is 219 Å². The SMILES string of the molecule is CC(CCNC(=O)OCc1ccccc1)CC(=O)NCC(O)(CCc1ccccc1)C1=NC(C)(C)CO1. The Kier molecular flexibility index (Phi) is 10.1. The largest absolute Gasteiger partial charge is 0.476 e. The van der Waals surface area contributed by atoms with Crippen LogP contribution in [-0.2, 0) is 27.3 Å². The number of rotatable bonds is 13. The Bertz CT molecular complexity index is 1040. The zero-order chi connectivity index (χ0) is 26.7. The molecule has 1 aliphatic rings. The van der Waals surface area contributed by atoms with Crippen molar-refractivity contribution in [2.75, 3.05) is 19.7 Å². The van der Waals surface area contributed by atoms with Crippen molar-refractivity contribution in [2.45, 2.75) is 64.2 Å². The van der Waals surface area contributed by atoms with Gasteiger partial charge in [0.15, 0.2) is 5.60 Å². The summed E-state index contributed by atoms with van der Waals surface area (Å²) in [7, 11) is 0. The minimum absolute atomic E-state index is 0.0182. The molecule has 0 saturated heterocycles. The van der Waals surface area contributed by atoms with Gasteiger partial charge in [-0.2, -0.15) is 0 Å². The second kappa shape index (κ2) is 13.2. The van der Waals surface area contributed by atoms with E-state index in [1.165, 1.54) is 0 Å². The molecule has 1 heterocycles. The van der Waals surface area contributed by atoms with Gasteiger partial charge in [0.25, 0.3) is 0 Å². The lowest BCUT2D eigenvalue weighted by Gasteiger charge is -2.28. The molecule has 8 heteroatoms. The highest BCUT2D eigenvalue weighted by Gasteiger charge is 2.41. The number of aliphatic imine (C=N–C) groups is 1. The van der Waals surface area contributed by atoms with Crippen LogP contribution in [0.4, 0.5) is 4.79 Å². The van der Waals surface area contributed by atoms with Gasteiger partial charge in [0.1, 0.15) is 13.2 Å². The third kappa shape index (κ3) is 9.53. The number of benzene rings is 2. The lowest BCUT2D eigenvalue weighted by atomic mass is 9.93. The van der Waals surface area contributed by atoms with Gasteiger partial charge >= 0.3 is 6.09 Å². The van der Waals surface area contributed by atoms with Crippen LogP contribution in [0.15, 0.2) is 65.7 Å². The number of carbonyl (C=O) groups is 2. The summed E-state index contributed by atoms with van der Waals surface area (Å²) in [5, 5.41) is 17.1. The molecule has 2 aromatic carbocycles. The molecule has 3 rings (SSSR count). The van der Waals surface area contributed by atoms with Crippen LogP contribution in [0, 0.1) is 5.92 Å². The van der Waals surface area contributed by atoms with E-state index in [2.05, 4.69) is 15.6 Å². The molecule has 0 saturated carbocycles. The van der Waals surface area contributed by atoms with Gasteiger partial charge in [-0.25, -0.2) is 9.79 Å². The Morgan fingerprint density at radius 2 is 1.73 bits per heavy atom. The highest BCUT2D eigenvalue weighted by atomic mass is 16.5. The van der Waals surface area contributed by atoms with Crippen LogP contribution in [-0.4, -0.2) is 53.8 Å².